The Hall–Kier alpha value is -5.30. The normalized spacial score (nSPS) is 9.39. The highest BCUT2D eigenvalue weighted by atomic mass is 16.4. The van der Waals surface area contributed by atoms with E-state index in [4.69, 9.17) is 79.8 Å². The van der Waals surface area contributed by atoms with Crippen LogP contribution in [0.3, 0.4) is 0 Å². The molecule has 0 saturated carbocycles. The molecular formula is C68H136O20. The van der Waals surface area contributed by atoms with Crippen molar-refractivity contribution in [3.63, 3.8) is 0 Å². The van der Waals surface area contributed by atoms with Gasteiger partial charge in [-0.3, -0.25) is 47.9 Å². The molecule has 0 amide bonds. The molecule has 0 atom stereocenters. The van der Waals surface area contributed by atoms with Crippen molar-refractivity contribution in [3.05, 3.63) is 0 Å². The summed E-state index contributed by atoms with van der Waals surface area (Å²) in [7, 11) is 0. The smallest absolute Gasteiger partial charge is 0.303 e. The fourth-order valence-electron chi connectivity index (χ4n) is 7.76. The van der Waals surface area contributed by atoms with Crippen molar-refractivity contribution in [2.75, 3.05) is 0 Å². The van der Waals surface area contributed by atoms with Gasteiger partial charge in [0.2, 0.25) is 0 Å². The van der Waals surface area contributed by atoms with Crippen molar-refractivity contribution in [1.29, 1.82) is 0 Å². The van der Waals surface area contributed by atoms with E-state index in [1.54, 1.807) is 0 Å². The van der Waals surface area contributed by atoms with Crippen molar-refractivity contribution >= 4 is 59.7 Å². The monoisotopic (exact) mass is 1270 g/mol. The highest BCUT2D eigenvalue weighted by molar-refractivity contribution is 5.67. The van der Waals surface area contributed by atoms with Gasteiger partial charge < -0.3 is 51.1 Å². The second-order valence-corrected chi connectivity index (χ2v) is 21.8. The number of carboxylic acid groups (broad SMARTS) is 10. The molecule has 0 aromatic heterocycles. The zero-order chi connectivity index (χ0) is 69.7. The zero-order valence-electron chi connectivity index (χ0n) is 57.5. The summed E-state index contributed by atoms with van der Waals surface area (Å²) in [6, 6.07) is 0. The largest absolute Gasteiger partial charge is 0.481 e. The van der Waals surface area contributed by atoms with E-state index in [9.17, 15) is 19.2 Å². The van der Waals surface area contributed by atoms with Gasteiger partial charge in [-0.25, -0.2) is 0 Å². The van der Waals surface area contributed by atoms with Crippen LogP contribution in [0.2, 0.25) is 0 Å². The fourth-order valence-corrected chi connectivity index (χ4v) is 7.76. The summed E-state index contributed by atoms with van der Waals surface area (Å²) in [5.74, 6) is -7.63. The Bertz CT molecular complexity index is 1230. The third kappa shape index (κ3) is 235. The highest BCUT2D eigenvalue weighted by Gasteiger charge is 2.00. The van der Waals surface area contributed by atoms with Crippen molar-refractivity contribution in [2.45, 2.75) is 377 Å². The summed E-state index contributed by atoms with van der Waals surface area (Å²) < 4.78 is 0. The minimum atomic E-state index is -0.833. The predicted octanol–water partition coefficient (Wildman–Crippen LogP) is 19.6. The van der Waals surface area contributed by atoms with Crippen LogP contribution in [0.25, 0.3) is 0 Å². The summed E-state index contributed by atoms with van der Waals surface area (Å²) in [5.41, 5.74) is 0. The Labute approximate surface area is 534 Å². The standard InChI is InChI=1S/4C14H28O2.6C2H4O2/c4*1-2-3-4-5-6-7-8-9-10-11-12-13-14(15)16;6*1-2(3)4/h4*2-13H2,1H3,(H,15,16);6*1H3,(H,3,4). The van der Waals surface area contributed by atoms with Crippen LogP contribution in [0.1, 0.15) is 377 Å². The Morgan fingerprint density at radius 2 is 0.227 bits per heavy atom. The number of carbonyl (C=O) groups is 10. The molecule has 0 radical (unpaired) electrons. The minimum Gasteiger partial charge on any atom is -0.481 e. The number of hydrogen-bond acceptors (Lipinski definition) is 10. The Kier molecular flexibility index (Phi) is 119. The molecule has 20 nitrogen and oxygen atoms in total. The molecular weight excluding hydrogens is 1140 g/mol. The molecule has 0 fully saturated rings. The van der Waals surface area contributed by atoms with Gasteiger partial charge in [0.25, 0.3) is 35.8 Å². The van der Waals surface area contributed by atoms with Crippen LogP contribution in [0.5, 0.6) is 0 Å². The van der Waals surface area contributed by atoms with Crippen LogP contribution in [0.4, 0.5) is 0 Å². The number of aliphatic carboxylic acids is 10. The third-order valence-electron chi connectivity index (χ3n) is 12.0. The van der Waals surface area contributed by atoms with Crippen molar-refractivity contribution < 1.29 is 99.0 Å². The van der Waals surface area contributed by atoms with Crippen LogP contribution in [0.15, 0.2) is 0 Å². The first kappa shape index (κ1) is 104. The van der Waals surface area contributed by atoms with E-state index in [2.05, 4.69) is 27.7 Å². The Morgan fingerprint density at radius 1 is 0.159 bits per heavy atom. The summed E-state index contributed by atoms with van der Waals surface area (Å²) in [4.78, 5) is 95.0. The van der Waals surface area contributed by atoms with Crippen LogP contribution in [-0.2, 0) is 47.9 Å². The van der Waals surface area contributed by atoms with E-state index in [1.165, 1.54) is 231 Å². The van der Waals surface area contributed by atoms with E-state index < -0.39 is 59.7 Å². The topological polar surface area (TPSA) is 373 Å². The molecule has 0 aromatic carbocycles. The number of rotatable bonds is 48. The maximum atomic E-state index is 10.3. The number of carboxylic acids is 10. The lowest BCUT2D eigenvalue weighted by atomic mass is 10.1. The molecule has 0 aliphatic rings. The molecule has 0 spiro atoms. The van der Waals surface area contributed by atoms with Crippen molar-refractivity contribution in [1.82, 2.24) is 0 Å². The molecule has 10 N–H and O–H groups in total. The highest BCUT2D eigenvalue weighted by Crippen LogP contribution is 2.15. The lowest BCUT2D eigenvalue weighted by molar-refractivity contribution is -0.138. The zero-order valence-corrected chi connectivity index (χ0v) is 57.5. The van der Waals surface area contributed by atoms with Gasteiger partial charge in [-0.2, -0.15) is 0 Å². The van der Waals surface area contributed by atoms with Crippen LogP contribution >= 0.6 is 0 Å². The lowest BCUT2D eigenvalue weighted by Gasteiger charge is -2.01. The second-order valence-electron chi connectivity index (χ2n) is 21.8. The average molecular weight is 1270 g/mol. The predicted molar refractivity (Wildman–Crippen MR) is 355 cm³/mol. The number of hydrogen-bond donors (Lipinski definition) is 10. The second kappa shape index (κ2) is 101. The summed E-state index contributed by atoms with van der Waals surface area (Å²) in [6.45, 7) is 15.5. The molecule has 20 heteroatoms. The van der Waals surface area contributed by atoms with Crippen molar-refractivity contribution in [3.8, 4) is 0 Å². The van der Waals surface area contributed by atoms with Crippen molar-refractivity contribution in [2.24, 2.45) is 0 Å². The SMILES string of the molecule is CC(=O)O.CC(=O)O.CC(=O)O.CC(=O)O.CC(=O)O.CC(=O)O.CCCCCCCCCCCCCC(=O)O.CCCCCCCCCCCCCC(=O)O.CCCCCCCCCCCCCC(=O)O.CCCCCCCCCCCCCC(=O)O. The first-order valence-electron chi connectivity index (χ1n) is 33.5. The molecule has 0 aliphatic carbocycles. The Morgan fingerprint density at radius 3 is 0.295 bits per heavy atom. The van der Waals surface area contributed by atoms with Gasteiger partial charge in [0.05, 0.1) is 0 Å². The number of unbranched alkanes of at least 4 members (excludes halogenated alkanes) is 40. The minimum absolute atomic E-state index is 0.344. The quantitative estimate of drug-likeness (QED) is 0.0253. The van der Waals surface area contributed by atoms with Gasteiger partial charge in [0.15, 0.2) is 0 Å². The summed E-state index contributed by atoms with van der Waals surface area (Å²) in [6.07, 6.45) is 57.4. The Balaban J connectivity index is -0.000000102. The summed E-state index contributed by atoms with van der Waals surface area (Å²) >= 11 is 0. The van der Waals surface area contributed by atoms with Gasteiger partial charge in [0, 0.05) is 67.2 Å². The molecule has 0 saturated heterocycles. The molecule has 0 rings (SSSR count). The lowest BCUT2D eigenvalue weighted by Crippen LogP contribution is -1.93. The van der Waals surface area contributed by atoms with Crippen LogP contribution < -0.4 is 0 Å². The molecule has 0 aromatic rings. The van der Waals surface area contributed by atoms with E-state index in [1.807, 2.05) is 0 Å². The maximum absolute atomic E-state index is 10.3. The fraction of sp³-hybridized carbons (Fsp3) is 0.853. The van der Waals surface area contributed by atoms with Gasteiger partial charge in [0.1, 0.15) is 0 Å². The molecule has 528 valence electrons. The van der Waals surface area contributed by atoms with E-state index in [0.29, 0.717) is 25.7 Å². The van der Waals surface area contributed by atoms with Gasteiger partial charge in [-0.05, 0) is 25.7 Å². The molecule has 0 bridgehead atoms. The first-order chi connectivity index (χ1) is 41.5. The van der Waals surface area contributed by atoms with Crippen LogP contribution in [-0.4, -0.2) is 111 Å². The maximum Gasteiger partial charge on any atom is 0.303 e. The first-order valence-corrected chi connectivity index (χ1v) is 33.5. The molecule has 0 aliphatic heterocycles. The third-order valence-corrected chi connectivity index (χ3v) is 12.0. The molecule has 0 unspecified atom stereocenters. The van der Waals surface area contributed by atoms with Crippen LogP contribution in [0, 0.1) is 0 Å². The van der Waals surface area contributed by atoms with Gasteiger partial charge in [-0.1, -0.05) is 285 Å². The molecule has 0 heterocycles. The molecule has 88 heavy (non-hydrogen) atoms. The van der Waals surface area contributed by atoms with Gasteiger partial charge >= 0.3 is 23.9 Å². The van der Waals surface area contributed by atoms with E-state index in [-0.39, 0.29) is 0 Å². The van der Waals surface area contributed by atoms with E-state index >= 15 is 0 Å². The summed E-state index contributed by atoms with van der Waals surface area (Å²) in [5, 5.41) is 78.3. The van der Waals surface area contributed by atoms with E-state index in [0.717, 1.165) is 92.9 Å². The van der Waals surface area contributed by atoms with Gasteiger partial charge in [-0.15, -0.1) is 0 Å². The average Bonchev–Trinajstić information content (AvgIpc) is 3.40.